The Kier molecular flexibility index (Phi) is 6.13. The maximum Gasteiger partial charge on any atom is 0.230 e. The van der Waals surface area contributed by atoms with E-state index in [2.05, 4.69) is 56.4 Å². The monoisotopic (exact) mass is 355 g/mol. The minimum absolute atomic E-state index is 0.206. The number of rotatable bonds is 7. The summed E-state index contributed by atoms with van der Waals surface area (Å²) in [5, 5.41) is 7.65. The Morgan fingerprint density at radius 3 is 2.65 bits per heavy atom. The van der Waals surface area contributed by atoms with Gasteiger partial charge in [0.1, 0.15) is 0 Å². The van der Waals surface area contributed by atoms with Crippen molar-refractivity contribution in [2.75, 3.05) is 13.1 Å². The zero-order valence-electron chi connectivity index (χ0n) is 16.8. The number of nitrogens with zero attached hydrogens (tertiary/aromatic N) is 2. The van der Waals surface area contributed by atoms with E-state index >= 15 is 0 Å². The minimum atomic E-state index is 0.206. The molecule has 0 unspecified atom stereocenters. The highest BCUT2D eigenvalue weighted by molar-refractivity contribution is 5.58. The highest BCUT2D eigenvalue weighted by Crippen LogP contribution is 2.34. The Bertz CT molecular complexity index is 714. The van der Waals surface area contributed by atoms with E-state index in [0.717, 1.165) is 49.6 Å². The number of hydrogen-bond donors (Lipinski definition) is 1. The molecular weight excluding hydrogens is 322 g/mol. The fraction of sp³-hybridized carbons (Fsp3) is 0.636. The summed E-state index contributed by atoms with van der Waals surface area (Å²) in [4.78, 5) is 4.72. The first-order valence-corrected chi connectivity index (χ1v) is 10.2. The van der Waals surface area contributed by atoms with Gasteiger partial charge in [0.2, 0.25) is 11.7 Å². The second-order valence-corrected chi connectivity index (χ2v) is 8.19. The van der Waals surface area contributed by atoms with Crippen LogP contribution in [0.4, 0.5) is 0 Å². The average molecular weight is 356 g/mol. The van der Waals surface area contributed by atoms with Crippen LogP contribution in [0.3, 0.4) is 0 Å². The average Bonchev–Trinajstić information content (AvgIpc) is 3.17. The molecule has 1 aliphatic rings. The molecule has 0 amide bonds. The molecule has 1 aromatic carbocycles. The van der Waals surface area contributed by atoms with Gasteiger partial charge in [0.15, 0.2) is 0 Å². The molecule has 0 aliphatic carbocycles. The van der Waals surface area contributed by atoms with Crippen LogP contribution in [0, 0.1) is 0 Å². The molecular formula is C22H33N3O. The number of aryl methyl sites for hydroxylation is 1. The number of nitrogens with one attached hydrogen (secondary N) is 1. The molecule has 0 saturated carbocycles. The molecule has 2 aromatic rings. The Hall–Kier alpha value is -1.68. The van der Waals surface area contributed by atoms with Crippen LogP contribution in [0.5, 0.6) is 0 Å². The van der Waals surface area contributed by atoms with Gasteiger partial charge in [0.25, 0.3) is 0 Å². The highest BCUT2D eigenvalue weighted by atomic mass is 16.5. The van der Waals surface area contributed by atoms with Crippen molar-refractivity contribution in [2.45, 2.75) is 77.6 Å². The molecule has 1 fully saturated rings. The molecule has 1 N–H and O–H groups in total. The van der Waals surface area contributed by atoms with Crippen molar-refractivity contribution in [3.8, 4) is 11.4 Å². The van der Waals surface area contributed by atoms with Gasteiger partial charge < -0.3 is 9.84 Å². The van der Waals surface area contributed by atoms with Gasteiger partial charge in [-0.2, -0.15) is 4.98 Å². The molecule has 142 valence electrons. The van der Waals surface area contributed by atoms with Gasteiger partial charge in [0, 0.05) is 11.5 Å². The van der Waals surface area contributed by atoms with Crippen LogP contribution in [0.15, 0.2) is 22.7 Å². The van der Waals surface area contributed by atoms with Gasteiger partial charge in [0.05, 0.1) is 0 Å². The van der Waals surface area contributed by atoms with E-state index in [0.29, 0.717) is 5.92 Å². The summed E-state index contributed by atoms with van der Waals surface area (Å²) in [6.45, 7) is 11.3. The first-order valence-electron chi connectivity index (χ1n) is 10.2. The lowest BCUT2D eigenvalue weighted by molar-refractivity contribution is 0.320. The van der Waals surface area contributed by atoms with Gasteiger partial charge in [-0.25, -0.2) is 0 Å². The van der Waals surface area contributed by atoms with E-state index in [1.165, 1.54) is 30.4 Å². The Balaban J connectivity index is 1.84. The van der Waals surface area contributed by atoms with E-state index in [1.807, 2.05) is 0 Å². The molecule has 0 radical (unpaired) electrons. The predicted molar refractivity (Wildman–Crippen MR) is 107 cm³/mol. The van der Waals surface area contributed by atoms with E-state index in [-0.39, 0.29) is 5.41 Å². The van der Waals surface area contributed by atoms with Gasteiger partial charge in [-0.1, -0.05) is 57.8 Å². The minimum Gasteiger partial charge on any atom is -0.339 e. The smallest absolute Gasteiger partial charge is 0.230 e. The van der Waals surface area contributed by atoms with Crippen molar-refractivity contribution >= 4 is 0 Å². The van der Waals surface area contributed by atoms with E-state index in [4.69, 9.17) is 9.51 Å². The van der Waals surface area contributed by atoms with Gasteiger partial charge in [-0.15, -0.1) is 0 Å². The van der Waals surface area contributed by atoms with Crippen molar-refractivity contribution in [3.63, 3.8) is 0 Å². The van der Waals surface area contributed by atoms with Gasteiger partial charge >= 0.3 is 0 Å². The standard InChI is InChI=1S/C22H33N3O/c1-5-7-12-22(3,4)19-9-8-18(15-16(19)6-2)20-24-21(26-25-20)17-10-13-23-14-11-17/h8-9,15,17,23H,5-7,10-14H2,1-4H3. The van der Waals surface area contributed by atoms with Crippen molar-refractivity contribution in [2.24, 2.45) is 0 Å². The summed E-state index contributed by atoms with van der Waals surface area (Å²) in [5.41, 5.74) is 4.13. The normalized spacial score (nSPS) is 16.2. The number of piperidine rings is 1. The summed E-state index contributed by atoms with van der Waals surface area (Å²) >= 11 is 0. The van der Waals surface area contributed by atoms with Crippen molar-refractivity contribution in [3.05, 3.63) is 35.2 Å². The third-order valence-electron chi connectivity index (χ3n) is 5.76. The van der Waals surface area contributed by atoms with Crippen molar-refractivity contribution in [1.29, 1.82) is 0 Å². The second kappa shape index (κ2) is 8.34. The van der Waals surface area contributed by atoms with Gasteiger partial charge in [-0.05, 0) is 61.4 Å². The van der Waals surface area contributed by atoms with Crippen molar-refractivity contribution < 1.29 is 4.52 Å². The summed E-state index contributed by atoms with van der Waals surface area (Å²) in [6, 6.07) is 6.71. The largest absolute Gasteiger partial charge is 0.339 e. The van der Waals surface area contributed by atoms with Crippen LogP contribution in [0.1, 0.15) is 82.7 Å². The van der Waals surface area contributed by atoms with Crippen molar-refractivity contribution in [1.82, 2.24) is 15.5 Å². The Labute approximate surface area is 157 Å². The molecule has 26 heavy (non-hydrogen) atoms. The van der Waals surface area contributed by atoms with E-state index in [1.54, 1.807) is 0 Å². The fourth-order valence-electron chi connectivity index (χ4n) is 4.03. The third kappa shape index (κ3) is 4.17. The van der Waals surface area contributed by atoms with E-state index in [9.17, 15) is 0 Å². The summed E-state index contributed by atoms with van der Waals surface area (Å²) in [7, 11) is 0. The maximum absolute atomic E-state index is 5.59. The SMILES string of the molecule is CCCCC(C)(C)c1ccc(-c2noc(C3CCNCC3)n2)cc1CC. The van der Waals surface area contributed by atoms with E-state index < -0.39 is 0 Å². The molecule has 1 saturated heterocycles. The van der Waals surface area contributed by atoms with Crippen LogP contribution in [0.25, 0.3) is 11.4 Å². The number of unbranched alkanes of at least 4 members (excludes halogenated alkanes) is 1. The summed E-state index contributed by atoms with van der Waals surface area (Å²) in [6.07, 6.45) is 6.90. The molecule has 3 rings (SSSR count). The number of aromatic nitrogens is 2. The second-order valence-electron chi connectivity index (χ2n) is 8.19. The van der Waals surface area contributed by atoms with Crippen LogP contribution >= 0.6 is 0 Å². The molecule has 1 aromatic heterocycles. The highest BCUT2D eigenvalue weighted by Gasteiger charge is 2.24. The zero-order valence-corrected chi connectivity index (χ0v) is 16.8. The summed E-state index contributed by atoms with van der Waals surface area (Å²) in [5.74, 6) is 1.92. The first-order chi connectivity index (χ1) is 12.5. The lowest BCUT2D eigenvalue weighted by Gasteiger charge is -2.28. The number of benzene rings is 1. The first kappa shape index (κ1) is 19.1. The molecule has 0 spiro atoms. The zero-order chi connectivity index (χ0) is 18.6. The molecule has 0 bridgehead atoms. The molecule has 1 aliphatic heterocycles. The third-order valence-corrected chi connectivity index (χ3v) is 5.76. The summed E-state index contributed by atoms with van der Waals surface area (Å²) < 4.78 is 5.59. The lowest BCUT2D eigenvalue weighted by atomic mass is 9.77. The molecule has 0 atom stereocenters. The fourth-order valence-corrected chi connectivity index (χ4v) is 4.03. The quantitative estimate of drug-likeness (QED) is 0.738. The topological polar surface area (TPSA) is 51.0 Å². The van der Waals surface area contributed by atoms with Crippen LogP contribution < -0.4 is 5.32 Å². The molecule has 4 nitrogen and oxygen atoms in total. The predicted octanol–water partition coefficient (Wildman–Crippen LogP) is 5.23. The Morgan fingerprint density at radius 2 is 1.96 bits per heavy atom. The van der Waals surface area contributed by atoms with Crippen LogP contribution in [-0.2, 0) is 11.8 Å². The van der Waals surface area contributed by atoms with Crippen LogP contribution in [-0.4, -0.2) is 23.2 Å². The maximum atomic E-state index is 5.59. The molecule has 4 heteroatoms. The Morgan fingerprint density at radius 1 is 1.19 bits per heavy atom. The lowest BCUT2D eigenvalue weighted by Crippen LogP contribution is -2.26. The van der Waals surface area contributed by atoms with Crippen LogP contribution in [0.2, 0.25) is 0 Å². The van der Waals surface area contributed by atoms with Gasteiger partial charge in [-0.3, -0.25) is 0 Å². The number of hydrogen-bond acceptors (Lipinski definition) is 4. The molecule has 2 heterocycles.